The molecule has 6 rings (SSSR count). The van der Waals surface area contributed by atoms with Crippen LogP contribution in [0, 0.1) is 0 Å². The maximum Gasteiger partial charge on any atom is 0.138 e. The van der Waals surface area contributed by atoms with Crippen molar-refractivity contribution >= 4 is 22.1 Å². The number of hydrogen-bond donors (Lipinski definition) is 3. The summed E-state index contributed by atoms with van der Waals surface area (Å²) < 4.78 is 6.16. The SMILES string of the molecule is c1cnc2[nH]c(-c3n[nH]c4ccc(-c5cncc(OC6CCNCC6)c5)nc34)cc2c1. The number of nitrogens with one attached hydrogen (secondary N) is 3. The molecule has 1 fully saturated rings. The first-order valence-electron chi connectivity index (χ1n) is 10.5. The predicted octanol–water partition coefficient (Wildman–Crippen LogP) is 3.69. The van der Waals surface area contributed by atoms with Gasteiger partial charge >= 0.3 is 0 Å². The fourth-order valence-electron chi connectivity index (χ4n) is 4.06. The molecule has 1 saturated heterocycles. The van der Waals surface area contributed by atoms with Crippen molar-refractivity contribution in [3.63, 3.8) is 0 Å². The van der Waals surface area contributed by atoms with E-state index < -0.39 is 0 Å². The van der Waals surface area contributed by atoms with Crippen molar-refractivity contribution in [3.05, 3.63) is 55.0 Å². The van der Waals surface area contributed by atoms with Crippen LogP contribution in [0.4, 0.5) is 0 Å². The fourth-order valence-corrected chi connectivity index (χ4v) is 4.06. The van der Waals surface area contributed by atoms with Crippen molar-refractivity contribution in [3.8, 4) is 28.4 Å². The van der Waals surface area contributed by atoms with Crippen molar-refractivity contribution in [1.29, 1.82) is 0 Å². The number of aromatic nitrogens is 6. The Kier molecular flexibility index (Phi) is 4.35. The normalized spacial score (nSPS) is 15.0. The third kappa shape index (κ3) is 3.40. The van der Waals surface area contributed by atoms with Crippen molar-refractivity contribution in [2.24, 2.45) is 0 Å². The molecule has 31 heavy (non-hydrogen) atoms. The number of ether oxygens (including phenoxy) is 1. The van der Waals surface area contributed by atoms with Crippen molar-refractivity contribution in [1.82, 2.24) is 35.5 Å². The van der Waals surface area contributed by atoms with E-state index in [0.717, 1.165) is 76.4 Å². The minimum atomic E-state index is 0.227. The molecule has 1 aliphatic heterocycles. The molecule has 0 spiro atoms. The van der Waals surface area contributed by atoms with Crippen LogP contribution in [0.2, 0.25) is 0 Å². The summed E-state index contributed by atoms with van der Waals surface area (Å²) in [5.74, 6) is 0.778. The summed E-state index contributed by atoms with van der Waals surface area (Å²) in [6.45, 7) is 1.98. The van der Waals surface area contributed by atoms with Gasteiger partial charge < -0.3 is 15.0 Å². The van der Waals surface area contributed by atoms with E-state index in [1.165, 1.54) is 0 Å². The Morgan fingerprint density at radius 2 is 1.97 bits per heavy atom. The zero-order chi connectivity index (χ0) is 20.6. The highest BCUT2D eigenvalue weighted by molar-refractivity contribution is 5.93. The molecule has 8 nitrogen and oxygen atoms in total. The highest BCUT2D eigenvalue weighted by Gasteiger charge is 2.16. The van der Waals surface area contributed by atoms with Gasteiger partial charge in [0, 0.05) is 23.3 Å². The monoisotopic (exact) mass is 411 g/mol. The minimum Gasteiger partial charge on any atom is -0.489 e. The predicted molar refractivity (Wildman–Crippen MR) is 119 cm³/mol. The summed E-state index contributed by atoms with van der Waals surface area (Å²) in [7, 11) is 0. The van der Waals surface area contributed by atoms with E-state index in [2.05, 4.69) is 30.5 Å². The summed E-state index contributed by atoms with van der Waals surface area (Å²) >= 11 is 0. The lowest BCUT2D eigenvalue weighted by Crippen LogP contribution is -2.34. The van der Waals surface area contributed by atoms with Gasteiger partial charge in [-0.25, -0.2) is 9.97 Å². The average Bonchev–Trinajstić information content (AvgIpc) is 3.43. The largest absolute Gasteiger partial charge is 0.489 e. The molecule has 0 unspecified atom stereocenters. The van der Waals surface area contributed by atoms with Gasteiger partial charge in [-0.15, -0.1) is 0 Å². The van der Waals surface area contributed by atoms with E-state index in [0.29, 0.717) is 0 Å². The Morgan fingerprint density at radius 3 is 2.87 bits per heavy atom. The lowest BCUT2D eigenvalue weighted by Gasteiger charge is -2.23. The number of rotatable bonds is 4. The van der Waals surface area contributed by atoms with Crippen LogP contribution in [-0.2, 0) is 0 Å². The molecule has 0 aromatic carbocycles. The molecule has 0 aliphatic carbocycles. The van der Waals surface area contributed by atoms with Gasteiger partial charge in [-0.05, 0) is 62.3 Å². The number of pyridine rings is 3. The van der Waals surface area contributed by atoms with E-state index in [1.54, 1.807) is 12.4 Å². The second-order valence-electron chi connectivity index (χ2n) is 7.77. The summed E-state index contributed by atoms with van der Waals surface area (Å²) in [6, 6.07) is 12.0. The zero-order valence-electron chi connectivity index (χ0n) is 16.8. The first kappa shape index (κ1) is 18.0. The van der Waals surface area contributed by atoms with E-state index >= 15 is 0 Å². The molecule has 5 aromatic rings. The average molecular weight is 411 g/mol. The molecule has 0 atom stereocenters. The number of H-pyrrole nitrogens is 2. The third-order valence-corrected chi connectivity index (χ3v) is 5.65. The quantitative estimate of drug-likeness (QED) is 0.417. The van der Waals surface area contributed by atoms with Crippen LogP contribution in [0.15, 0.2) is 55.0 Å². The highest BCUT2D eigenvalue weighted by Crippen LogP contribution is 2.30. The van der Waals surface area contributed by atoms with Crippen LogP contribution in [-0.4, -0.2) is 49.3 Å². The van der Waals surface area contributed by atoms with Crippen LogP contribution in [0.3, 0.4) is 0 Å². The van der Waals surface area contributed by atoms with Gasteiger partial charge in [-0.3, -0.25) is 10.1 Å². The van der Waals surface area contributed by atoms with Crippen LogP contribution in [0.5, 0.6) is 5.75 Å². The Labute approximate surface area is 178 Å². The standard InChI is InChI=1S/C23H21N7O/c1-2-14-11-20(28-23(14)26-7-1)22-21-19(29-30-22)4-3-18(27-21)15-10-17(13-25-12-15)31-16-5-8-24-9-6-16/h1-4,7,10-13,16,24H,5-6,8-9H2,(H,26,28)(H,29,30). The number of fused-ring (bicyclic) bond motifs is 2. The Hall–Kier alpha value is -3.78. The van der Waals surface area contributed by atoms with E-state index in [4.69, 9.17) is 9.72 Å². The lowest BCUT2D eigenvalue weighted by molar-refractivity contribution is 0.162. The molecule has 0 radical (unpaired) electrons. The maximum absolute atomic E-state index is 6.16. The summed E-state index contributed by atoms with van der Waals surface area (Å²) in [5, 5.41) is 12.0. The molecule has 5 aromatic heterocycles. The first-order valence-corrected chi connectivity index (χ1v) is 10.5. The van der Waals surface area contributed by atoms with E-state index in [-0.39, 0.29) is 6.10 Å². The van der Waals surface area contributed by atoms with E-state index in [1.807, 2.05) is 42.6 Å². The molecule has 1 aliphatic rings. The molecule has 6 heterocycles. The second-order valence-corrected chi connectivity index (χ2v) is 7.77. The topological polar surface area (TPSA) is 104 Å². The molecule has 0 bridgehead atoms. The Bertz CT molecular complexity index is 1330. The molecular formula is C23H21N7O. The van der Waals surface area contributed by atoms with Crippen molar-refractivity contribution < 1.29 is 4.74 Å². The minimum absolute atomic E-state index is 0.227. The molecule has 3 N–H and O–H groups in total. The fraction of sp³-hybridized carbons (Fsp3) is 0.217. The van der Waals surface area contributed by atoms with Gasteiger partial charge in [0.25, 0.3) is 0 Å². The zero-order valence-corrected chi connectivity index (χ0v) is 16.8. The van der Waals surface area contributed by atoms with Gasteiger partial charge in [-0.1, -0.05) is 0 Å². The Balaban J connectivity index is 1.36. The summed E-state index contributed by atoms with van der Waals surface area (Å²) in [5.41, 5.74) is 5.90. The first-order chi connectivity index (χ1) is 15.3. The number of hydrogen-bond acceptors (Lipinski definition) is 6. The molecule has 8 heteroatoms. The van der Waals surface area contributed by atoms with Crippen LogP contribution < -0.4 is 10.1 Å². The lowest BCUT2D eigenvalue weighted by atomic mass is 10.1. The molecule has 0 saturated carbocycles. The van der Waals surface area contributed by atoms with Crippen LogP contribution in [0.25, 0.3) is 44.7 Å². The number of nitrogens with zero attached hydrogens (tertiary/aromatic N) is 4. The van der Waals surface area contributed by atoms with Gasteiger partial charge in [0.1, 0.15) is 28.7 Å². The Morgan fingerprint density at radius 1 is 1.03 bits per heavy atom. The van der Waals surface area contributed by atoms with Crippen LogP contribution in [0.1, 0.15) is 12.8 Å². The van der Waals surface area contributed by atoms with Crippen molar-refractivity contribution in [2.45, 2.75) is 18.9 Å². The molecule has 154 valence electrons. The third-order valence-electron chi connectivity index (χ3n) is 5.65. The van der Waals surface area contributed by atoms with E-state index in [9.17, 15) is 0 Å². The smallest absolute Gasteiger partial charge is 0.138 e. The second kappa shape index (κ2) is 7.48. The summed E-state index contributed by atoms with van der Waals surface area (Å²) in [4.78, 5) is 17.0. The van der Waals surface area contributed by atoms with Gasteiger partial charge in [-0.2, -0.15) is 5.10 Å². The van der Waals surface area contributed by atoms with Crippen molar-refractivity contribution in [2.75, 3.05) is 13.1 Å². The van der Waals surface area contributed by atoms with Crippen LogP contribution >= 0.6 is 0 Å². The molecular weight excluding hydrogens is 390 g/mol. The van der Waals surface area contributed by atoms with Gasteiger partial charge in [0.05, 0.1) is 23.1 Å². The maximum atomic E-state index is 6.16. The number of piperidine rings is 1. The summed E-state index contributed by atoms with van der Waals surface area (Å²) in [6.07, 6.45) is 7.59. The van der Waals surface area contributed by atoms with Gasteiger partial charge in [0.2, 0.25) is 0 Å². The number of aromatic amines is 2. The molecule has 0 amide bonds. The van der Waals surface area contributed by atoms with Gasteiger partial charge in [0.15, 0.2) is 0 Å². The highest BCUT2D eigenvalue weighted by atomic mass is 16.5.